The molecular formula is C28H29FN6O5. The van der Waals surface area contributed by atoms with Gasteiger partial charge in [-0.15, -0.1) is 0 Å². The van der Waals surface area contributed by atoms with Gasteiger partial charge in [-0.3, -0.25) is 4.79 Å². The predicted octanol–water partition coefficient (Wildman–Crippen LogP) is 3.59. The van der Waals surface area contributed by atoms with E-state index in [1.54, 1.807) is 38.4 Å². The van der Waals surface area contributed by atoms with Gasteiger partial charge in [0.2, 0.25) is 18.1 Å². The summed E-state index contributed by atoms with van der Waals surface area (Å²) in [6, 6.07) is 15.1. The smallest absolute Gasteiger partial charge is 0.230 e. The topological polar surface area (TPSA) is 144 Å². The lowest BCUT2D eigenvalue weighted by atomic mass is 9.91. The molecule has 1 aliphatic heterocycles. The van der Waals surface area contributed by atoms with E-state index in [2.05, 4.69) is 25.6 Å². The van der Waals surface area contributed by atoms with Crippen LogP contribution >= 0.6 is 0 Å². The van der Waals surface area contributed by atoms with Gasteiger partial charge >= 0.3 is 0 Å². The van der Waals surface area contributed by atoms with Crippen LogP contribution in [0.5, 0.6) is 5.75 Å². The van der Waals surface area contributed by atoms with Gasteiger partial charge in [0, 0.05) is 30.1 Å². The molecule has 0 bridgehead atoms. The molecule has 11 nitrogen and oxygen atoms in total. The molecule has 0 atom stereocenters. The van der Waals surface area contributed by atoms with Crippen molar-refractivity contribution in [1.29, 1.82) is 0 Å². The monoisotopic (exact) mass is 548 g/mol. The number of nitrogens with one attached hydrogen (secondary N) is 3. The minimum atomic E-state index is -0.922. The number of aliphatic hydroxyl groups excluding tert-OH is 1. The SMILES string of the molecule is COc1cccc(Nc2nccc(-c3[nH]c(C4OCC(C)(C(=O)NCCO)CO4)nc3-c3ccc(F)cc3)n2)c1. The lowest BCUT2D eigenvalue weighted by Gasteiger charge is -2.35. The molecule has 40 heavy (non-hydrogen) atoms. The van der Waals surface area contributed by atoms with Crippen LogP contribution in [-0.4, -0.2) is 64.4 Å². The van der Waals surface area contributed by atoms with Gasteiger partial charge in [0.1, 0.15) is 11.6 Å². The van der Waals surface area contributed by atoms with Crippen LogP contribution in [0.25, 0.3) is 22.6 Å². The average Bonchev–Trinajstić information content (AvgIpc) is 3.42. The predicted molar refractivity (Wildman–Crippen MR) is 144 cm³/mol. The van der Waals surface area contributed by atoms with Crippen LogP contribution < -0.4 is 15.4 Å². The molecule has 0 unspecified atom stereocenters. The molecule has 0 radical (unpaired) electrons. The highest BCUT2D eigenvalue weighted by molar-refractivity contribution is 5.82. The number of halogens is 1. The summed E-state index contributed by atoms with van der Waals surface area (Å²) in [6.45, 7) is 1.88. The highest BCUT2D eigenvalue weighted by Gasteiger charge is 2.40. The summed E-state index contributed by atoms with van der Waals surface area (Å²) in [5.41, 5.74) is 2.08. The quantitative estimate of drug-likeness (QED) is 0.247. The van der Waals surface area contributed by atoms with Crippen LogP contribution in [0.1, 0.15) is 19.0 Å². The number of anilines is 2. The first kappa shape index (κ1) is 27.2. The van der Waals surface area contributed by atoms with Crippen LogP contribution in [0.3, 0.4) is 0 Å². The second kappa shape index (κ2) is 11.8. The summed E-state index contributed by atoms with van der Waals surface area (Å²) in [7, 11) is 1.59. The molecule has 12 heteroatoms. The fourth-order valence-electron chi connectivity index (χ4n) is 4.17. The van der Waals surface area contributed by atoms with Crippen molar-refractivity contribution in [2.24, 2.45) is 5.41 Å². The number of H-pyrrole nitrogens is 1. The number of hydrogen-bond donors (Lipinski definition) is 4. The molecule has 0 aliphatic carbocycles. The Morgan fingerprint density at radius 1 is 1.18 bits per heavy atom. The highest BCUT2D eigenvalue weighted by atomic mass is 19.1. The van der Waals surface area contributed by atoms with E-state index in [1.807, 2.05) is 24.3 Å². The minimum Gasteiger partial charge on any atom is -0.497 e. The van der Waals surface area contributed by atoms with Crippen LogP contribution in [0.15, 0.2) is 60.8 Å². The molecule has 1 aliphatic rings. The summed E-state index contributed by atoms with van der Waals surface area (Å²) >= 11 is 0. The molecule has 4 N–H and O–H groups in total. The van der Waals surface area contributed by atoms with Crippen molar-refractivity contribution in [3.05, 3.63) is 72.4 Å². The third-order valence-electron chi connectivity index (χ3n) is 6.35. The summed E-state index contributed by atoms with van der Waals surface area (Å²) in [4.78, 5) is 29.5. The number of hydrogen-bond acceptors (Lipinski definition) is 9. The fourth-order valence-corrected chi connectivity index (χ4v) is 4.17. The molecule has 5 rings (SSSR count). The Morgan fingerprint density at radius 3 is 2.67 bits per heavy atom. The number of ether oxygens (including phenoxy) is 3. The van der Waals surface area contributed by atoms with E-state index >= 15 is 0 Å². The van der Waals surface area contributed by atoms with Gasteiger partial charge in [-0.05, 0) is 49.4 Å². The number of benzene rings is 2. The lowest BCUT2D eigenvalue weighted by Crippen LogP contribution is -2.49. The van der Waals surface area contributed by atoms with Gasteiger partial charge in [-0.1, -0.05) is 6.07 Å². The number of amides is 1. The van der Waals surface area contributed by atoms with Gasteiger partial charge in [0.25, 0.3) is 0 Å². The summed E-state index contributed by atoms with van der Waals surface area (Å²) in [6.07, 6.45) is 0.743. The van der Waals surface area contributed by atoms with Crippen molar-refractivity contribution >= 4 is 17.5 Å². The molecule has 4 aromatic rings. The first-order valence-corrected chi connectivity index (χ1v) is 12.6. The molecule has 2 aromatic carbocycles. The molecule has 0 saturated carbocycles. The first-order valence-electron chi connectivity index (χ1n) is 12.6. The second-order valence-corrected chi connectivity index (χ2v) is 9.47. The minimum absolute atomic E-state index is 0.0823. The first-order chi connectivity index (χ1) is 19.4. The Bertz CT molecular complexity index is 1470. The molecule has 1 fully saturated rings. The normalized spacial score (nSPS) is 18.8. The van der Waals surface area contributed by atoms with Crippen molar-refractivity contribution in [3.8, 4) is 28.4 Å². The maximum atomic E-state index is 13.7. The van der Waals surface area contributed by atoms with Crippen LogP contribution in [0.2, 0.25) is 0 Å². The summed E-state index contributed by atoms with van der Waals surface area (Å²) in [5, 5.41) is 14.8. The highest BCUT2D eigenvalue weighted by Crippen LogP contribution is 2.35. The third kappa shape index (κ3) is 5.93. The zero-order valence-corrected chi connectivity index (χ0v) is 22.0. The van der Waals surface area contributed by atoms with E-state index in [-0.39, 0.29) is 38.1 Å². The molecule has 3 heterocycles. The van der Waals surface area contributed by atoms with Gasteiger partial charge in [0.15, 0.2) is 5.82 Å². The van der Waals surface area contributed by atoms with Crippen LogP contribution in [0, 0.1) is 11.2 Å². The molecule has 1 saturated heterocycles. The second-order valence-electron chi connectivity index (χ2n) is 9.47. The lowest BCUT2D eigenvalue weighted by molar-refractivity contribution is -0.231. The number of nitrogens with zero attached hydrogens (tertiary/aromatic N) is 3. The number of aromatic amines is 1. The Morgan fingerprint density at radius 2 is 1.95 bits per heavy atom. The maximum Gasteiger partial charge on any atom is 0.230 e. The fraction of sp³-hybridized carbons (Fsp3) is 0.286. The summed E-state index contributed by atoms with van der Waals surface area (Å²) in [5.74, 6) is 0.761. The van der Waals surface area contributed by atoms with Gasteiger partial charge in [-0.2, -0.15) is 0 Å². The molecule has 1 amide bonds. The Labute approximate surface area is 229 Å². The van der Waals surface area contributed by atoms with Crippen molar-refractivity contribution in [2.45, 2.75) is 13.2 Å². The number of aliphatic hydroxyl groups is 1. The van der Waals surface area contributed by atoms with Crippen molar-refractivity contribution in [1.82, 2.24) is 25.3 Å². The number of imidazole rings is 1. The van der Waals surface area contributed by atoms with Gasteiger partial charge < -0.3 is 34.9 Å². The Hall–Kier alpha value is -4.39. The third-order valence-corrected chi connectivity index (χ3v) is 6.35. The Balaban J connectivity index is 1.44. The zero-order valence-electron chi connectivity index (χ0n) is 22.0. The van der Waals surface area contributed by atoms with E-state index in [0.717, 1.165) is 5.69 Å². The number of carbonyl (C=O) groups excluding carboxylic acids is 1. The van der Waals surface area contributed by atoms with Crippen molar-refractivity contribution < 1.29 is 28.5 Å². The van der Waals surface area contributed by atoms with Gasteiger partial charge in [0.05, 0.1) is 49.4 Å². The maximum absolute atomic E-state index is 13.7. The van der Waals surface area contributed by atoms with E-state index in [4.69, 9.17) is 24.3 Å². The van der Waals surface area contributed by atoms with Crippen molar-refractivity contribution in [2.75, 3.05) is 38.8 Å². The number of aromatic nitrogens is 4. The van der Waals surface area contributed by atoms with E-state index < -0.39 is 11.7 Å². The van der Waals surface area contributed by atoms with Gasteiger partial charge in [-0.25, -0.2) is 19.3 Å². The van der Waals surface area contributed by atoms with Crippen LogP contribution in [0.4, 0.5) is 16.0 Å². The van der Waals surface area contributed by atoms with E-state index in [9.17, 15) is 9.18 Å². The van der Waals surface area contributed by atoms with E-state index in [0.29, 0.717) is 40.2 Å². The largest absolute Gasteiger partial charge is 0.497 e. The number of carbonyl (C=O) groups is 1. The molecule has 0 spiro atoms. The molecule has 2 aromatic heterocycles. The standard InChI is InChI=1S/C28H29FN6O5/c1-28(26(37)30-12-13-36)15-39-25(40-16-28)24-34-22(17-6-8-18(29)9-7-17)23(35-24)21-10-11-31-27(33-21)32-19-4-3-5-20(14-19)38-2/h3-11,14,25,36H,12-13,15-16H2,1-2H3,(H,30,37)(H,34,35)(H,31,32,33). The molecule has 208 valence electrons. The number of rotatable bonds is 9. The number of methoxy groups -OCH3 is 1. The Kier molecular flexibility index (Phi) is 8.01. The van der Waals surface area contributed by atoms with Crippen LogP contribution in [-0.2, 0) is 14.3 Å². The van der Waals surface area contributed by atoms with E-state index in [1.165, 1.54) is 12.1 Å². The van der Waals surface area contributed by atoms with Crippen molar-refractivity contribution in [3.63, 3.8) is 0 Å². The zero-order chi connectivity index (χ0) is 28.1. The summed E-state index contributed by atoms with van der Waals surface area (Å²) < 4.78 is 30.8. The average molecular weight is 549 g/mol. The molecular weight excluding hydrogens is 519 g/mol.